The quantitative estimate of drug-likeness (QED) is 0.637. The number of hydrogen-bond donors (Lipinski definition) is 0. The van der Waals surface area contributed by atoms with E-state index in [2.05, 4.69) is 13.8 Å². The van der Waals surface area contributed by atoms with E-state index in [1.54, 1.807) is 12.8 Å². The minimum Gasteiger partial charge on any atom is -0.0588 e. The molecule has 0 aliphatic heterocycles. The fraction of sp³-hybridized carbons (Fsp3) is 1.00. The summed E-state index contributed by atoms with van der Waals surface area (Å²) in [6.45, 7) is 5.76. The summed E-state index contributed by atoms with van der Waals surface area (Å²) in [5.74, 6) is 19.9. The largest absolute Gasteiger partial charge is 0.0588 e. The van der Waals surface area contributed by atoms with Crippen molar-refractivity contribution in [1.82, 2.24) is 0 Å². The van der Waals surface area contributed by atoms with E-state index in [0.717, 1.165) is 10.8 Å². The first-order chi connectivity index (χ1) is 10.7. The summed E-state index contributed by atoms with van der Waals surface area (Å²) in [6.07, 6.45) is 3.46. The van der Waals surface area contributed by atoms with Gasteiger partial charge in [-0.15, -0.1) is 0 Å². The van der Waals surface area contributed by atoms with Crippen molar-refractivity contribution in [2.24, 2.45) is 106 Å². The van der Waals surface area contributed by atoms with Gasteiger partial charge in [-0.2, -0.15) is 0 Å². The molecule has 6 unspecified atom stereocenters. The zero-order valence-corrected chi connectivity index (χ0v) is 13.7. The second kappa shape index (κ2) is 2.19. The summed E-state index contributed by atoms with van der Waals surface area (Å²) in [5.41, 5.74) is 1.73. The Bertz CT molecular complexity index is 624. The first-order valence-electron chi connectivity index (χ1n) is 10.7. The third-order valence-corrected chi connectivity index (χ3v) is 13.9. The molecule has 114 valence electrons. The molecule has 0 saturated heterocycles. The highest BCUT2D eigenvalue weighted by Gasteiger charge is 2.97. The third kappa shape index (κ3) is 0.501. The smallest absolute Gasteiger partial charge is 0.0224 e. The van der Waals surface area contributed by atoms with Crippen LogP contribution in [0.4, 0.5) is 0 Å². The van der Waals surface area contributed by atoms with Gasteiger partial charge < -0.3 is 0 Å². The zero-order valence-electron chi connectivity index (χ0n) is 13.7. The molecule has 0 aromatic heterocycles. The summed E-state index contributed by atoms with van der Waals surface area (Å²) >= 11 is 0. The lowest BCUT2D eigenvalue weighted by molar-refractivity contribution is 0.0391. The predicted molar refractivity (Wildman–Crippen MR) is 81.3 cm³/mol. The fourth-order valence-corrected chi connectivity index (χ4v) is 15.5. The highest BCUT2D eigenvalue weighted by molar-refractivity contribution is 5.44. The first-order valence-corrected chi connectivity index (χ1v) is 10.7. The van der Waals surface area contributed by atoms with Gasteiger partial charge in [-0.1, -0.05) is 13.8 Å². The Labute approximate surface area is 132 Å². The molecule has 22 heavy (non-hydrogen) atoms. The number of rotatable bonds is 0. The van der Waals surface area contributed by atoms with Crippen LogP contribution in [0.15, 0.2) is 0 Å². The van der Waals surface area contributed by atoms with Crippen LogP contribution in [0.1, 0.15) is 26.7 Å². The molecule has 0 N–H and O–H groups in total. The van der Waals surface area contributed by atoms with Crippen molar-refractivity contribution in [3.05, 3.63) is 0 Å². The minimum absolute atomic E-state index is 0.863. The molecule has 10 fully saturated rings. The lowest BCUT2D eigenvalue weighted by atomic mass is 9.61. The van der Waals surface area contributed by atoms with Gasteiger partial charge in [0.05, 0.1) is 0 Å². The molecule has 0 spiro atoms. The van der Waals surface area contributed by atoms with Crippen molar-refractivity contribution in [2.75, 3.05) is 0 Å². The van der Waals surface area contributed by atoms with Crippen LogP contribution >= 0.6 is 0 Å². The Balaban J connectivity index is 1.50. The zero-order chi connectivity index (χ0) is 13.7. The van der Waals surface area contributed by atoms with E-state index in [4.69, 9.17) is 0 Å². The second-order valence-electron chi connectivity index (χ2n) is 12.5. The molecule has 0 aromatic rings. The van der Waals surface area contributed by atoms with Crippen molar-refractivity contribution in [3.63, 3.8) is 0 Å². The van der Waals surface area contributed by atoms with Crippen molar-refractivity contribution < 1.29 is 0 Å². The molecule has 10 saturated carbocycles. The van der Waals surface area contributed by atoms with Crippen LogP contribution in [-0.4, -0.2) is 0 Å². The topological polar surface area (TPSA) is 0 Å². The molecule has 0 radical (unpaired) electrons. The third-order valence-electron chi connectivity index (χ3n) is 13.9. The van der Waals surface area contributed by atoms with Gasteiger partial charge in [-0.3, -0.25) is 0 Å². The van der Waals surface area contributed by atoms with E-state index in [0.29, 0.717) is 0 Å². The highest BCUT2D eigenvalue weighted by Crippen LogP contribution is 3.01. The molecule has 10 aliphatic carbocycles. The molecule has 18 atom stereocenters. The summed E-state index contributed by atoms with van der Waals surface area (Å²) < 4.78 is 0. The van der Waals surface area contributed by atoms with Crippen LogP contribution in [0.25, 0.3) is 0 Å². The Kier molecular flexibility index (Phi) is 1.00. The van der Waals surface area contributed by atoms with Crippen molar-refractivity contribution in [2.45, 2.75) is 26.7 Å². The van der Waals surface area contributed by atoms with Crippen molar-refractivity contribution >= 4 is 0 Å². The standard InChI is InChI=1S/C22H26/c1-21-15-5-3-7-11-9(5)17(21)13-14-18(21)10-6(15)4-8-12(10)20(14)22(2,16(7)8)19(11)13/h5-20H,3-4H2,1-2H3/t5-,6-,7-,8+,9-,10+,11-,12-,13?,14?,15?,16?,17-,18-,19-,20+,21?,22?/m1/s1. The van der Waals surface area contributed by atoms with Crippen LogP contribution in [-0.2, 0) is 0 Å². The summed E-state index contributed by atoms with van der Waals surface area (Å²) in [4.78, 5) is 0. The molecule has 0 bridgehead atoms. The summed E-state index contributed by atoms with van der Waals surface area (Å²) in [5, 5.41) is 0. The van der Waals surface area contributed by atoms with Crippen LogP contribution in [0, 0.1) is 106 Å². The van der Waals surface area contributed by atoms with E-state index in [-0.39, 0.29) is 0 Å². The summed E-state index contributed by atoms with van der Waals surface area (Å²) in [6, 6.07) is 0. The molecule has 0 nitrogen and oxygen atoms in total. The average Bonchev–Trinajstić information content (AvgIpc) is 3.16. The molecular formula is C22H26. The number of hydrogen-bond acceptors (Lipinski definition) is 0. The summed E-state index contributed by atoms with van der Waals surface area (Å²) in [7, 11) is 0. The second-order valence-corrected chi connectivity index (χ2v) is 12.5. The maximum Gasteiger partial charge on any atom is -0.0224 e. The van der Waals surface area contributed by atoms with Gasteiger partial charge in [0.25, 0.3) is 0 Å². The Morgan fingerprint density at radius 2 is 0.773 bits per heavy atom. The normalized spacial score (nSPS) is 98.5. The van der Waals surface area contributed by atoms with Crippen LogP contribution < -0.4 is 0 Å². The van der Waals surface area contributed by atoms with E-state index in [1.807, 2.05) is 0 Å². The lowest BCUT2D eigenvalue weighted by Crippen LogP contribution is -2.39. The minimum atomic E-state index is 0.863. The van der Waals surface area contributed by atoms with Gasteiger partial charge in [-0.05, 0) is 118 Å². The monoisotopic (exact) mass is 290 g/mol. The van der Waals surface area contributed by atoms with E-state index < -0.39 is 0 Å². The van der Waals surface area contributed by atoms with Gasteiger partial charge in [0.15, 0.2) is 0 Å². The van der Waals surface area contributed by atoms with Gasteiger partial charge in [-0.25, -0.2) is 0 Å². The molecular weight excluding hydrogens is 264 g/mol. The van der Waals surface area contributed by atoms with E-state index in [9.17, 15) is 0 Å². The van der Waals surface area contributed by atoms with Crippen molar-refractivity contribution in [1.29, 1.82) is 0 Å². The van der Waals surface area contributed by atoms with Crippen molar-refractivity contribution in [3.8, 4) is 0 Å². The first kappa shape index (κ1) is 10.1. The van der Waals surface area contributed by atoms with Gasteiger partial charge >= 0.3 is 0 Å². The molecule has 0 heterocycles. The lowest BCUT2D eigenvalue weighted by Gasteiger charge is -2.43. The van der Waals surface area contributed by atoms with Crippen LogP contribution in [0.5, 0.6) is 0 Å². The Morgan fingerprint density at radius 1 is 0.455 bits per heavy atom. The van der Waals surface area contributed by atoms with Gasteiger partial charge in [0.2, 0.25) is 0 Å². The SMILES string of the molecule is CC12C3[C@H]4C[C@H]5C6[C@@H]7C[C@@H]3[C@@H]3[C@@H]7[C@@H]7C(C8[C@@H]1[C@H]4[C@H]5[C@H]8C67C)[C@@H]32. The van der Waals surface area contributed by atoms with Crippen LogP contribution in [0.2, 0.25) is 0 Å². The Hall–Kier alpha value is 0. The average molecular weight is 290 g/mol. The molecule has 0 aromatic carbocycles. The molecule has 0 heteroatoms. The van der Waals surface area contributed by atoms with E-state index in [1.165, 1.54) is 94.7 Å². The van der Waals surface area contributed by atoms with Crippen LogP contribution in [0.3, 0.4) is 0 Å². The predicted octanol–water partition coefficient (Wildman–Crippen LogP) is 3.77. The Morgan fingerprint density at radius 3 is 1.09 bits per heavy atom. The molecule has 10 aliphatic rings. The molecule has 0 amide bonds. The maximum atomic E-state index is 2.88. The van der Waals surface area contributed by atoms with Gasteiger partial charge in [0, 0.05) is 0 Å². The van der Waals surface area contributed by atoms with Gasteiger partial charge in [0.1, 0.15) is 0 Å². The number of fused-ring (bicyclic) bond motifs is 4. The fourth-order valence-electron chi connectivity index (χ4n) is 15.5. The highest BCUT2D eigenvalue weighted by atomic mass is 15.0. The maximum absolute atomic E-state index is 2.88. The molecule has 10 rings (SSSR count). The van der Waals surface area contributed by atoms with E-state index >= 15 is 0 Å².